The largest absolute Gasteiger partial charge is 0.458 e. The van der Waals surface area contributed by atoms with E-state index < -0.39 is 102 Å². The van der Waals surface area contributed by atoms with Gasteiger partial charge < -0.3 is 48.6 Å². The number of aliphatic hydroxyl groups excluding tert-OH is 2. The van der Waals surface area contributed by atoms with Gasteiger partial charge in [0, 0.05) is 59.0 Å². The molecule has 1 amide bonds. The molecule has 0 spiro atoms. The Balaban J connectivity index is 1.83. The first kappa shape index (κ1) is 49.6. The van der Waals surface area contributed by atoms with Crippen LogP contribution in [0.25, 0.3) is 0 Å². The van der Waals surface area contributed by atoms with Crippen molar-refractivity contribution in [2.24, 2.45) is 29.6 Å². The summed E-state index contributed by atoms with van der Waals surface area (Å²) >= 11 is 0. The fraction of sp³-hybridized carbons (Fsp3) is 0.800. The summed E-state index contributed by atoms with van der Waals surface area (Å²) < 4.78 is 35.6. The zero-order valence-electron chi connectivity index (χ0n) is 37.3. The van der Waals surface area contributed by atoms with Crippen molar-refractivity contribution in [1.29, 1.82) is 0 Å². The van der Waals surface area contributed by atoms with E-state index in [0.717, 1.165) is 4.90 Å². The first-order chi connectivity index (χ1) is 28.3. The molecule has 0 aromatic carbocycles. The van der Waals surface area contributed by atoms with Crippen molar-refractivity contribution in [1.82, 2.24) is 4.90 Å². The summed E-state index contributed by atoms with van der Waals surface area (Å²) in [6.07, 6.45) is 0.491. The fourth-order valence-electron chi connectivity index (χ4n) is 9.69. The summed E-state index contributed by atoms with van der Waals surface area (Å²) in [5, 5.41) is 34.3. The van der Waals surface area contributed by atoms with Crippen molar-refractivity contribution in [2.75, 3.05) is 27.9 Å². The number of ketones is 2. The molecular formula is C45H71NO14. The number of carbonyl (C=O) groups is 5. The third kappa shape index (κ3) is 11.5. The molecule has 1 saturated carbocycles. The number of piperidine rings is 1. The summed E-state index contributed by atoms with van der Waals surface area (Å²) in [6, 6.07) is -1.18. The topological polar surface area (TPSA) is 205 Å². The number of aliphatic hydroxyl groups is 3. The van der Waals surface area contributed by atoms with Gasteiger partial charge in [0.2, 0.25) is 5.79 Å². The van der Waals surface area contributed by atoms with Crippen LogP contribution in [0.3, 0.4) is 0 Å². The van der Waals surface area contributed by atoms with Gasteiger partial charge in [-0.1, -0.05) is 39.8 Å². The molecule has 2 saturated heterocycles. The predicted octanol–water partition coefficient (Wildman–Crippen LogP) is 4.01. The van der Waals surface area contributed by atoms with Crippen LogP contribution in [0.2, 0.25) is 0 Å². The minimum absolute atomic E-state index is 0.0406. The highest BCUT2D eigenvalue weighted by molar-refractivity contribution is 6.39. The Bertz CT molecular complexity index is 1580. The second kappa shape index (κ2) is 21.8. The van der Waals surface area contributed by atoms with Gasteiger partial charge >= 0.3 is 11.9 Å². The lowest BCUT2D eigenvalue weighted by molar-refractivity contribution is -0.303. The third-order valence-electron chi connectivity index (χ3n) is 13.4. The lowest BCUT2D eigenvalue weighted by atomic mass is 9.81. The molecule has 15 heteroatoms. The van der Waals surface area contributed by atoms with Gasteiger partial charge in [-0.05, 0) is 94.6 Å². The van der Waals surface area contributed by atoms with Gasteiger partial charge in [0.05, 0.1) is 30.5 Å². The van der Waals surface area contributed by atoms with E-state index in [1.165, 1.54) is 21.1 Å². The van der Waals surface area contributed by atoms with Crippen LogP contribution in [0, 0.1) is 29.6 Å². The van der Waals surface area contributed by atoms with Crippen LogP contribution in [0.1, 0.15) is 113 Å². The Kier molecular flexibility index (Phi) is 18.1. The van der Waals surface area contributed by atoms with E-state index in [-0.39, 0.29) is 50.0 Å². The van der Waals surface area contributed by atoms with Gasteiger partial charge in [0.1, 0.15) is 30.1 Å². The number of nitrogens with zero attached hydrogens (tertiary/aromatic N) is 1. The molecule has 340 valence electrons. The average Bonchev–Trinajstić information content (AvgIpc) is 3.22. The van der Waals surface area contributed by atoms with Gasteiger partial charge in [-0.15, -0.1) is 0 Å². The molecule has 0 aromatic rings. The smallest absolute Gasteiger partial charge is 0.329 e. The fourth-order valence-corrected chi connectivity index (χ4v) is 9.69. The maximum absolute atomic E-state index is 14.3. The Morgan fingerprint density at radius 2 is 1.57 bits per heavy atom. The maximum atomic E-state index is 14.3. The predicted molar refractivity (Wildman–Crippen MR) is 219 cm³/mol. The number of ether oxygens (including phenoxy) is 6. The van der Waals surface area contributed by atoms with Crippen LogP contribution in [-0.4, -0.2) is 138 Å². The normalized spacial score (nSPS) is 40.7. The molecule has 60 heavy (non-hydrogen) atoms. The van der Waals surface area contributed by atoms with Crippen molar-refractivity contribution in [3.05, 3.63) is 23.3 Å². The lowest BCUT2D eigenvalue weighted by Gasteiger charge is -2.47. The van der Waals surface area contributed by atoms with Gasteiger partial charge in [0.15, 0.2) is 0 Å². The van der Waals surface area contributed by atoms with Gasteiger partial charge in [-0.2, -0.15) is 0 Å². The Labute approximate surface area is 355 Å². The summed E-state index contributed by atoms with van der Waals surface area (Å²) in [6.45, 7) is 11.9. The van der Waals surface area contributed by atoms with Crippen LogP contribution >= 0.6 is 0 Å². The molecule has 15 nitrogen and oxygen atoms in total. The molecule has 3 aliphatic heterocycles. The number of esters is 2. The zero-order valence-corrected chi connectivity index (χ0v) is 37.3. The first-order valence-corrected chi connectivity index (χ1v) is 21.8. The maximum Gasteiger partial charge on any atom is 0.329 e. The monoisotopic (exact) mass is 849 g/mol. The van der Waals surface area contributed by atoms with Crippen molar-refractivity contribution in [2.45, 2.75) is 173 Å². The van der Waals surface area contributed by atoms with E-state index in [2.05, 4.69) is 0 Å². The lowest BCUT2D eigenvalue weighted by Crippen LogP contribution is -2.64. The number of cyclic esters (lactones) is 1. The Morgan fingerprint density at radius 1 is 0.917 bits per heavy atom. The molecule has 0 aromatic heterocycles. The molecule has 3 fully saturated rings. The molecule has 3 heterocycles. The molecule has 2 bridgehead atoms. The molecular weight excluding hydrogens is 778 g/mol. The highest BCUT2D eigenvalue weighted by atomic mass is 16.7. The van der Waals surface area contributed by atoms with Crippen molar-refractivity contribution in [3.63, 3.8) is 0 Å². The molecule has 3 N–H and O–H groups in total. The van der Waals surface area contributed by atoms with Crippen LogP contribution in [0.5, 0.6) is 0 Å². The second-order valence-electron chi connectivity index (χ2n) is 17.8. The number of fused-ring (bicyclic) bond motifs is 3. The Morgan fingerprint density at radius 3 is 2.18 bits per heavy atom. The van der Waals surface area contributed by atoms with Crippen LogP contribution < -0.4 is 0 Å². The standard InChI is InChI=1S/C45H71NO14/c1-11-31-19-25(3)39(58-29(7)47)26(4)20-37(56-9)41-38(57-10)21-27(5)45(54,60-41)42(51)43(52)46-17-13-12-14-32(46)44(53)59-40(28(6)34(49)23-35(31)50)24(2)18-30-15-16-33(48)36(22-30)55-8/h18-19,26-28,30-34,36-41,48-49,54H,11-17,20-23H2,1-10H3/b24-18?,25-19+. The summed E-state index contributed by atoms with van der Waals surface area (Å²) in [7, 11) is 4.47. The number of allylic oxidation sites excluding steroid dienone is 2. The number of amides is 1. The highest BCUT2D eigenvalue weighted by Crippen LogP contribution is 2.39. The third-order valence-corrected chi connectivity index (χ3v) is 13.4. The van der Waals surface area contributed by atoms with E-state index in [1.54, 1.807) is 40.9 Å². The summed E-state index contributed by atoms with van der Waals surface area (Å²) in [4.78, 5) is 70.6. The molecule has 15 atom stereocenters. The van der Waals surface area contributed by atoms with E-state index >= 15 is 0 Å². The minimum atomic E-state index is -2.60. The molecule has 0 radical (unpaired) electrons. The summed E-state index contributed by atoms with van der Waals surface area (Å²) in [5.74, 6) is -9.32. The second-order valence-corrected chi connectivity index (χ2v) is 17.8. The highest BCUT2D eigenvalue weighted by Gasteiger charge is 2.57. The van der Waals surface area contributed by atoms with E-state index in [1.807, 2.05) is 19.9 Å². The number of rotatable bonds is 7. The van der Waals surface area contributed by atoms with E-state index in [9.17, 15) is 39.3 Å². The van der Waals surface area contributed by atoms with E-state index in [4.69, 9.17) is 28.4 Å². The minimum Gasteiger partial charge on any atom is -0.458 e. The number of Topliss-reactive ketones (excluding diaryl/α,β-unsaturated/α-hetero) is 2. The van der Waals surface area contributed by atoms with Gasteiger partial charge in [-0.3, -0.25) is 19.2 Å². The quantitative estimate of drug-likeness (QED) is 0.188. The molecule has 4 rings (SSSR count). The van der Waals surface area contributed by atoms with Crippen molar-refractivity contribution < 1.29 is 67.7 Å². The number of methoxy groups -OCH3 is 3. The molecule has 15 unspecified atom stereocenters. The van der Waals surface area contributed by atoms with Gasteiger partial charge in [-0.25, -0.2) is 4.79 Å². The van der Waals surface area contributed by atoms with Crippen LogP contribution in [0.15, 0.2) is 23.3 Å². The van der Waals surface area contributed by atoms with Crippen molar-refractivity contribution in [3.8, 4) is 0 Å². The molecule has 4 aliphatic rings. The molecule has 1 aliphatic carbocycles. The zero-order chi connectivity index (χ0) is 44.6. The summed E-state index contributed by atoms with van der Waals surface area (Å²) in [5.41, 5.74) is 1.22. The number of hydrogen-bond donors (Lipinski definition) is 3. The van der Waals surface area contributed by atoms with E-state index in [0.29, 0.717) is 49.7 Å². The van der Waals surface area contributed by atoms with Gasteiger partial charge in [0.25, 0.3) is 11.7 Å². The van der Waals surface area contributed by atoms with Crippen LogP contribution in [-0.2, 0) is 52.4 Å². The Hall–Kier alpha value is -3.05. The first-order valence-electron chi connectivity index (χ1n) is 21.8. The number of carbonyl (C=O) groups excluding carboxylic acids is 5. The number of hydrogen-bond acceptors (Lipinski definition) is 14. The SMILES string of the molecule is CCC1/C=C(\C)C(OC(C)=O)C(C)CC(OC)C2OC(O)(C(=O)C(=O)N3CCCCC3C(=O)OC(C(C)=CC3CCC(O)C(OC)C3)C(C)C(O)CC1=O)C(C)CC2OC. The average molecular weight is 850 g/mol. The van der Waals surface area contributed by atoms with Crippen molar-refractivity contribution >= 4 is 29.4 Å². The van der Waals surface area contributed by atoms with Crippen LogP contribution in [0.4, 0.5) is 0 Å².